The topological polar surface area (TPSA) is 141 Å². The molecule has 12 heteroatoms. The average molecular weight is 411 g/mol. The molecule has 0 radical (unpaired) electrons. The molecule has 2 aliphatic heterocycles. The number of carbonyl (C=O) groups excluding carboxylic acids is 1. The number of hydrogen-bond acceptors (Lipinski definition) is 8. The van der Waals surface area contributed by atoms with Crippen LogP contribution in [-0.2, 0) is 18.8 Å². The van der Waals surface area contributed by atoms with E-state index in [4.69, 9.17) is 14.0 Å². The lowest BCUT2D eigenvalue weighted by Gasteiger charge is -2.19. The molecule has 0 unspecified atom stereocenters. The molecular weight excluding hydrogens is 393 g/mol. The number of aromatic nitrogens is 4. The van der Waals surface area contributed by atoms with Gasteiger partial charge >= 0.3 is 7.12 Å². The smallest absolute Gasteiger partial charge is 0.399 e. The van der Waals surface area contributed by atoms with Crippen molar-refractivity contribution >= 4 is 35.6 Å². The first-order valence-corrected chi connectivity index (χ1v) is 9.42. The van der Waals surface area contributed by atoms with E-state index in [-0.39, 0.29) is 29.6 Å². The quantitative estimate of drug-likeness (QED) is 0.472. The van der Waals surface area contributed by atoms with Crippen molar-refractivity contribution in [1.29, 1.82) is 0 Å². The van der Waals surface area contributed by atoms with E-state index >= 15 is 0 Å². The predicted octanol–water partition coefficient (Wildman–Crippen LogP) is -0.853. The number of nitrogens with one attached hydrogen (secondary N) is 2. The van der Waals surface area contributed by atoms with E-state index in [0.29, 0.717) is 0 Å². The Balaban J connectivity index is 1.52. The summed E-state index contributed by atoms with van der Waals surface area (Å²) < 4.78 is 19.7. The van der Waals surface area contributed by atoms with E-state index in [1.165, 1.54) is 13.3 Å². The summed E-state index contributed by atoms with van der Waals surface area (Å²) in [7, 11) is -0.609. The van der Waals surface area contributed by atoms with Gasteiger partial charge in [0.25, 0.3) is 5.56 Å². The third-order valence-electron chi connectivity index (χ3n) is 5.10. The highest BCUT2D eigenvalue weighted by atomic mass is 16.7. The lowest BCUT2D eigenvalue weighted by Crippen LogP contribution is -2.36. The van der Waals surface area contributed by atoms with Crippen molar-refractivity contribution in [3.8, 4) is 0 Å². The molecule has 30 heavy (non-hydrogen) atoms. The summed E-state index contributed by atoms with van der Waals surface area (Å²) in [5.41, 5.74) is 0.661. The Morgan fingerprint density at radius 2 is 2.07 bits per heavy atom. The zero-order valence-electron chi connectivity index (χ0n) is 15.9. The lowest BCUT2D eigenvalue weighted by atomic mass is 9.79. The summed E-state index contributed by atoms with van der Waals surface area (Å²) in [6, 6.07) is 9.45. The van der Waals surface area contributed by atoms with E-state index in [1.807, 2.05) is 30.3 Å². The lowest BCUT2D eigenvalue weighted by molar-refractivity contribution is -0.114. The largest absolute Gasteiger partial charge is 0.494 e. The number of aliphatic hydroxyl groups is 1. The Morgan fingerprint density at radius 3 is 2.80 bits per heavy atom. The molecule has 4 heterocycles. The fraction of sp³-hybridized carbons (Fsp3) is 0.333. The summed E-state index contributed by atoms with van der Waals surface area (Å²) >= 11 is 0. The molecule has 2 aromatic heterocycles. The molecule has 154 valence electrons. The fourth-order valence-electron chi connectivity index (χ4n) is 3.81. The van der Waals surface area contributed by atoms with Crippen molar-refractivity contribution in [2.45, 2.75) is 31.5 Å². The second kappa shape index (κ2) is 7.33. The number of aliphatic hydroxyl groups excluding tert-OH is 1. The van der Waals surface area contributed by atoms with Gasteiger partial charge < -0.3 is 19.2 Å². The van der Waals surface area contributed by atoms with Gasteiger partial charge in [0.15, 0.2) is 17.4 Å². The Kier molecular flexibility index (Phi) is 4.63. The van der Waals surface area contributed by atoms with Gasteiger partial charge in [0, 0.05) is 6.92 Å². The summed E-state index contributed by atoms with van der Waals surface area (Å²) in [5.74, 6) is -0.375. The van der Waals surface area contributed by atoms with E-state index < -0.39 is 37.2 Å². The van der Waals surface area contributed by atoms with Crippen molar-refractivity contribution in [3.63, 3.8) is 0 Å². The minimum atomic E-state index is -0.731. The molecule has 2 fully saturated rings. The van der Waals surface area contributed by atoms with Crippen LogP contribution in [-0.4, -0.2) is 62.6 Å². The van der Waals surface area contributed by atoms with Gasteiger partial charge in [-0.25, -0.2) is 4.98 Å². The number of benzene rings is 1. The molecule has 3 N–H and O–H groups in total. The maximum absolute atomic E-state index is 12.3. The predicted molar refractivity (Wildman–Crippen MR) is 105 cm³/mol. The first kappa shape index (κ1) is 18.9. The summed E-state index contributed by atoms with van der Waals surface area (Å²) in [6.45, 7) is 1.05. The van der Waals surface area contributed by atoms with Gasteiger partial charge in [-0.15, -0.1) is 0 Å². The first-order chi connectivity index (χ1) is 14.5. The Hall–Kier alpha value is -3.06. The standard InChI is InChI=1S/C18H18BN5O6/c1-9(26)21-18-22-15-12(16(27)23-18)20-8-24(15)17-14-13(11(7-25)28-17)29-19(30-14)10-5-3-2-4-6-10/h2-6,8,11,13-14,17,25H,7H2,1H3,(H2,21,22,23,26,27)/t11-,13-,14-,17-/m1/s1. The van der Waals surface area contributed by atoms with E-state index in [2.05, 4.69) is 20.3 Å². The Morgan fingerprint density at radius 1 is 1.30 bits per heavy atom. The number of hydrogen-bond donors (Lipinski definition) is 3. The molecule has 0 bridgehead atoms. The van der Waals surface area contributed by atoms with Crippen LogP contribution in [0.3, 0.4) is 0 Å². The van der Waals surface area contributed by atoms with Gasteiger partial charge in [0.2, 0.25) is 11.9 Å². The molecule has 0 saturated carbocycles. The number of fused-ring (bicyclic) bond motifs is 2. The van der Waals surface area contributed by atoms with Crippen molar-refractivity contribution in [1.82, 2.24) is 19.5 Å². The molecule has 2 saturated heterocycles. The van der Waals surface area contributed by atoms with Gasteiger partial charge in [0.05, 0.1) is 12.9 Å². The van der Waals surface area contributed by atoms with Crippen LogP contribution < -0.4 is 16.3 Å². The summed E-state index contributed by atoms with van der Waals surface area (Å²) in [5, 5.41) is 12.2. The zero-order chi connectivity index (χ0) is 20.8. The van der Waals surface area contributed by atoms with Crippen molar-refractivity contribution in [2.24, 2.45) is 0 Å². The molecule has 0 aliphatic carbocycles. The number of amides is 1. The minimum absolute atomic E-state index is 0.000701. The fourth-order valence-corrected chi connectivity index (χ4v) is 3.81. The number of anilines is 1. The molecule has 0 spiro atoms. The maximum Gasteiger partial charge on any atom is 0.494 e. The van der Waals surface area contributed by atoms with E-state index in [1.54, 1.807) is 4.57 Å². The van der Waals surface area contributed by atoms with Crippen LogP contribution in [0, 0.1) is 0 Å². The molecular formula is C18H18BN5O6. The van der Waals surface area contributed by atoms with Gasteiger partial charge in [-0.05, 0) is 5.46 Å². The van der Waals surface area contributed by atoms with E-state index in [9.17, 15) is 14.7 Å². The number of H-pyrrole nitrogens is 1. The van der Waals surface area contributed by atoms with Crippen molar-refractivity contribution in [3.05, 3.63) is 47.0 Å². The van der Waals surface area contributed by atoms with Crippen LogP contribution in [0.15, 0.2) is 41.5 Å². The second-order valence-corrected chi connectivity index (χ2v) is 7.11. The number of ether oxygens (including phenoxy) is 1. The van der Waals surface area contributed by atoms with Crippen LogP contribution in [0.4, 0.5) is 5.95 Å². The van der Waals surface area contributed by atoms with Crippen LogP contribution in [0.25, 0.3) is 11.2 Å². The SMILES string of the molecule is CC(=O)Nc1nc2c(ncn2[C@@H]2O[C@H](CO)[C@H]3OB(c4ccccc4)O[C@H]32)c(=O)[nH]1. The van der Waals surface area contributed by atoms with Crippen LogP contribution in [0.5, 0.6) is 0 Å². The summed E-state index contributed by atoms with van der Waals surface area (Å²) in [4.78, 5) is 34.6. The first-order valence-electron chi connectivity index (χ1n) is 9.42. The van der Waals surface area contributed by atoms with Crippen molar-refractivity contribution in [2.75, 3.05) is 11.9 Å². The molecule has 11 nitrogen and oxygen atoms in total. The Bertz CT molecular complexity index is 1150. The number of imidazole rings is 1. The molecule has 4 atom stereocenters. The van der Waals surface area contributed by atoms with Gasteiger partial charge in [-0.1, -0.05) is 30.3 Å². The number of carbonyl (C=O) groups is 1. The van der Waals surface area contributed by atoms with Gasteiger partial charge in [-0.2, -0.15) is 4.98 Å². The second-order valence-electron chi connectivity index (χ2n) is 7.11. The molecule has 2 aliphatic rings. The zero-order valence-corrected chi connectivity index (χ0v) is 15.9. The molecule has 1 amide bonds. The highest BCUT2D eigenvalue weighted by Gasteiger charge is 2.55. The monoisotopic (exact) mass is 411 g/mol. The molecule has 1 aromatic carbocycles. The maximum atomic E-state index is 12.3. The third kappa shape index (κ3) is 3.10. The van der Waals surface area contributed by atoms with Crippen LogP contribution >= 0.6 is 0 Å². The molecule has 5 rings (SSSR count). The summed E-state index contributed by atoms with van der Waals surface area (Å²) in [6.07, 6.45) is -1.01. The van der Waals surface area contributed by atoms with Gasteiger partial charge in [-0.3, -0.25) is 24.5 Å². The highest BCUT2D eigenvalue weighted by molar-refractivity contribution is 6.61. The van der Waals surface area contributed by atoms with Crippen molar-refractivity contribution < 1.29 is 23.9 Å². The Labute approximate surface area is 170 Å². The third-order valence-corrected chi connectivity index (χ3v) is 5.10. The number of rotatable bonds is 4. The highest BCUT2D eigenvalue weighted by Crippen LogP contribution is 2.39. The average Bonchev–Trinajstić information content (AvgIpc) is 3.41. The van der Waals surface area contributed by atoms with Crippen LogP contribution in [0.1, 0.15) is 13.2 Å². The molecule has 3 aromatic rings. The number of aromatic amines is 1. The van der Waals surface area contributed by atoms with E-state index in [0.717, 1.165) is 5.46 Å². The van der Waals surface area contributed by atoms with Crippen LogP contribution in [0.2, 0.25) is 0 Å². The normalized spacial score (nSPS) is 25.6. The number of nitrogens with zero attached hydrogens (tertiary/aromatic N) is 3. The minimum Gasteiger partial charge on any atom is -0.399 e. The van der Waals surface area contributed by atoms with Gasteiger partial charge in [0.1, 0.15) is 18.3 Å².